The Morgan fingerprint density at radius 1 is 1.21 bits per heavy atom. The number of nitrogens with zero attached hydrogens (tertiary/aromatic N) is 1. The quantitative estimate of drug-likeness (QED) is 0.511. The summed E-state index contributed by atoms with van der Waals surface area (Å²) in [5.74, 6) is 1.60. The molecule has 4 N–H and O–H groups in total. The number of hydrogen-bond donors (Lipinski definition) is 3. The molecule has 1 amide bonds. The number of nitrogens with two attached hydrogens (primary N) is 1. The first-order valence-electron chi connectivity index (χ1n) is 9.29. The van der Waals surface area contributed by atoms with Crippen LogP contribution in [0.15, 0.2) is 49.3 Å². The molecule has 28 heavy (non-hydrogen) atoms. The van der Waals surface area contributed by atoms with Crippen LogP contribution in [0.2, 0.25) is 0 Å². The lowest BCUT2D eigenvalue weighted by Gasteiger charge is -2.27. The van der Waals surface area contributed by atoms with E-state index in [1.54, 1.807) is 18.3 Å². The number of carbonyl (C=O) groups excluding carboxylic acids is 1. The van der Waals surface area contributed by atoms with Gasteiger partial charge in [0.25, 0.3) is 0 Å². The summed E-state index contributed by atoms with van der Waals surface area (Å²) in [6, 6.07) is 7.51. The summed E-state index contributed by atoms with van der Waals surface area (Å²) in [5, 5.41) is 6.75. The third-order valence-corrected chi connectivity index (χ3v) is 4.42. The molecule has 0 radical (unpaired) electrons. The number of rotatable bonds is 11. The standard InChI is InChI=1S/C21H26N4O3/c1-2-3-27-19-5-15(8-23-10-17-11-24-12-17)6-20(7-19)28-14-16-4-18(21(22)26)13-25-9-16/h2,4-7,9,13,17,23-24H,1,3,8,10-12,14H2,(H2,22,26). The van der Waals surface area contributed by atoms with Crippen molar-refractivity contribution in [2.45, 2.75) is 13.2 Å². The van der Waals surface area contributed by atoms with Crippen molar-refractivity contribution in [2.24, 2.45) is 11.7 Å². The fraction of sp³-hybridized carbons (Fsp3) is 0.333. The van der Waals surface area contributed by atoms with E-state index in [1.807, 2.05) is 18.2 Å². The van der Waals surface area contributed by atoms with E-state index in [9.17, 15) is 4.79 Å². The van der Waals surface area contributed by atoms with Gasteiger partial charge in [-0.25, -0.2) is 0 Å². The second kappa shape index (κ2) is 9.87. The molecule has 1 aliphatic rings. The van der Waals surface area contributed by atoms with Crippen molar-refractivity contribution in [1.82, 2.24) is 15.6 Å². The predicted octanol–water partition coefficient (Wildman–Crippen LogP) is 1.63. The van der Waals surface area contributed by atoms with Crippen LogP contribution < -0.4 is 25.8 Å². The van der Waals surface area contributed by atoms with Gasteiger partial charge in [-0.15, -0.1) is 0 Å². The molecule has 7 nitrogen and oxygen atoms in total. The average molecular weight is 382 g/mol. The smallest absolute Gasteiger partial charge is 0.250 e. The molecule has 0 unspecified atom stereocenters. The van der Waals surface area contributed by atoms with Gasteiger partial charge in [-0.1, -0.05) is 12.7 Å². The monoisotopic (exact) mass is 382 g/mol. The largest absolute Gasteiger partial charge is 0.489 e. The number of pyridine rings is 1. The van der Waals surface area contributed by atoms with Gasteiger partial charge in [0.2, 0.25) is 5.91 Å². The molecule has 7 heteroatoms. The number of aromatic nitrogens is 1. The van der Waals surface area contributed by atoms with Crippen molar-refractivity contribution >= 4 is 5.91 Å². The molecule has 1 aromatic heterocycles. The predicted molar refractivity (Wildman–Crippen MR) is 107 cm³/mol. The van der Waals surface area contributed by atoms with E-state index in [0.717, 1.165) is 43.1 Å². The van der Waals surface area contributed by atoms with Crippen LogP contribution in [0.3, 0.4) is 0 Å². The van der Waals surface area contributed by atoms with Crippen molar-refractivity contribution in [3.05, 3.63) is 66.0 Å². The third-order valence-electron chi connectivity index (χ3n) is 4.42. The Morgan fingerprint density at radius 2 is 2.00 bits per heavy atom. The highest BCUT2D eigenvalue weighted by molar-refractivity contribution is 5.92. The molecule has 0 aliphatic carbocycles. The molecule has 0 bridgehead atoms. The van der Waals surface area contributed by atoms with Crippen molar-refractivity contribution in [1.29, 1.82) is 0 Å². The van der Waals surface area contributed by atoms with Crippen LogP contribution >= 0.6 is 0 Å². The number of benzene rings is 1. The minimum absolute atomic E-state index is 0.277. The Balaban J connectivity index is 1.65. The van der Waals surface area contributed by atoms with Crippen LogP contribution in [0.1, 0.15) is 21.5 Å². The van der Waals surface area contributed by atoms with E-state index in [1.165, 1.54) is 6.20 Å². The summed E-state index contributed by atoms with van der Waals surface area (Å²) in [4.78, 5) is 15.3. The zero-order valence-corrected chi connectivity index (χ0v) is 15.8. The van der Waals surface area contributed by atoms with Crippen LogP contribution in [0.25, 0.3) is 0 Å². The molecular weight excluding hydrogens is 356 g/mol. The van der Waals surface area contributed by atoms with E-state index < -0.39 is 5.91 Å². The molecule has 3 rings (SSSR count). The Labute approximate surface area is 164 Å². The van der Waals surface area contributed by atoms with Crippen LogP contribution in [0.5, 0.6) is 11.5 Å². The minimum Gasteiger partial charge on any atom is -0.489 e. The molecule has 0 atom stereocenters. The zero-order valence-electron chi connectivity index (χ0n) is 15.8. The molecule has 1 aromatic carbocycles. The van der Waals surface area contributed by atoms with Gasteiger partial charge in [-0.05, 0) is 29.7 Å². The summed E-state index contributed by atoms with van der Waals surface area (Å²) >= 11 is 0. The molecule has 2 aromatic rings. The maximum atomic E-state index is 11.3. The van der Waals surface area contributed by atoms with Gasteiger partial charge < -0.3 is 25.8 Å². The third kappa shape index (κ3) is 5.80. The number of hydrogen-bond acceptors (Lipinski definition) is 6. The van der Waals surface area contributed by atoms with Crippen LogP contribution in [-0.4, -0.2) is 37.1 Å². The number of ether oxygens (including phenoxy) is 2. The summed E-state index contributed by atoms with van der Waals surface area (Å²) < 4.78 is 11.6. The second-order valence-electron chi connectivity index (χ2n) is 6.80. The first-order valence-corrected chi connectivity index (χ1v) is 9.29. The normalized spacial score (nSPS) is 13.6. The fourth-order valence-electron chi connectivity index (χ4n) is 2.84. The van der Waals surface area contributed by atoms with Crippen LogP contribution in [-0.2, 0) is 13.2 Å². The minimum atomic E-state index is -0.510. The Kier molecular flexibility index (Phi) is 7.00. The number of nitrogens with one attached hydrogen (secondary N) is 2. The average Bonchev–Trinajstić information content (AvgIpc) is 2.67. The van der Waals surface area contributed by atoms with Crippen LogP contribution in [0, 0.1) is 5.92 Å². The van der Waals surface area contributed by atoms with Crippen molar-refractivity contribution in [2.75, 3.05) is 26.2 Å². The van der Waals surface area contributed by atoms with Gasteiger partial charge in [0.05, 0.1) is 5.56 Å². The lowest BCUT2D eigenvalue weighted by Crippen LogP contribution is -2.47. The maximum Gasteiger partial charge on any atom is 0.250 e. The molecule has 0 spiro atoms. The molecule has 1 saturated heterocycles. The highest BCUT2D eigenvalue weighted by atomic mass is 16.5. The summed E-state index contributed by atoms with van der Waals surface area (Å²) in [5.41, 5.74) is 7.51. The molecule has 148 valence electrons. The zero-order chi connectivity index (χ0) is 19.8. The summed E-state index contributed by atoms with van der Waals surface area (Å²) in [6.07, 6.45) is 4.80. The Hall–Kier alpha value is -2.90. The van der Waals surface area contributed by atoms with E-state index in [2.05, 4.69) is 22.2 Å². The molecule has 1 fully saturated rings. The van der Waals surface area contributed by atoms with Gasteiger partial charge >= 0.3 is 0 Å². The van der Waals surface area contributed by atoms with Gasteiger partial charge in [0, 0.05) is 50.2 Å². The Morgan fingerprint density at radius 3 is 2.68 bits per heavy atom. The fourth-order valence-corrected chi connectivity index (χ4v) is 2.84. The molecular formula is C21H26N4O3. The van der Waals surface area contributed by atoms with E-state index in [-0.39, 0.29) is 6.61 Å². The van der Waals surface area contributed by atoms with Gasteiger partial charge in [0.15, 0.2) is 0 Å². The highest BCUT2D eigenvalue weighted by Gasteiger charge is 2.15. The highest BCUT2D eigenvalue weighted by Crippen LogP contribution is 2.24. The van der Waals surface area contributed by atoms with Crippen molar-refractivity contribution in [3.63, 3.8) is 0 Å². The van der Waals surface area contributed by atoms with E-state index in [0.29, 0.717) is 23.8 Å². The first-order chi connectivity index (χ1) is 13.6. The van der Waals surface area contributed by atoms with E-state index in [4.69, 9.17) is 15.2 Å². The number of amides is 1. The Bertz CT molecular complexity index is 821. The summed E-state index contributed by atoms with van der Waals surface area (Å²) in [7, 11) is 0. The second-order valence-corrected chi connectivity index (χ2v) is 6.80. The van der Waals surface area contributed by atoms with Crippen LogP contribution in [0.4, 0.5) is 0 Å². The molecule has 0 saturated carbocycles. The maximum absolute atomic E-state index is 11.3. The van der Waals surface area contributed by atoms with Gasteiger partial charge in [-0.3, -0.25) is 9.78 Å². The lowest BCUT2D eigenvalue weighted by molar-refractivity contribution is 0.0999. The van der Waals surface area contributed by atoms with Crippen molar-refractivity contribution < 1.29 is 14.3 Å². The van der Waals surface area contributed by atoms with Gasteiger partial charge in [0.1, 0.15) is 24.7 Å². The number of carbonyl (C=O) groups is 1. The first kappa shape index (κ1) is 19.9. The molecule has 1 aliphatic heterocycles. The summed E-state index contributed by atoms with van der Waals surface area (Å²) in [6.45, 7) is 8.24. The SMILES string of the molecule is C=CCOc1cc(CNCC2CNC2)cc(OCc2cncc(C(N)=O)c2)c1. The lowest BCUT2D eigenvalue weighted by atomic mass is 10.0. The van der Waals surface area contributed by atoms with E-state index >= 15 is 0 Å². The topological polar surface area (TPSA) is 98.5 Å². The van der Waals surface area contributed by atoms with Crippen molar-refractivity contribution in [3.8, 4) is 11.5 Å². The number of primary amides is 1. The molecule has 2 heterocycles. The van der Waals surface area contributed by atoms with Gasteiger partial charge in [-0.2, -0.15) is 0 Å².